The largest absolute Gasteiger partial charge is 0.343 e. The maximum atomic E-state index is 12.3. The molecule has 1 amide bonds. The van der Waals surface area contributed by atoms with E-state index in [1.165, 1.54) is 5.56 Å². The SMILES string of the molecule is CCNCC1CCN(C(=O)CCc2ccc(Br)cc2)CC1. The number of hydrogen-bond donors (Lipinski definition) is 1. The molecule has 0 aromatic heterocycles. The van der Waals surface area contributed by atoms with Crippen LogP contribution in [0.3, 0.4) is 0 Å². The van der Waals surface area contributed by atoms with E-state index in [9.17, 15) is 4.79 Å². The fourth-order valence-electron chi connectivity index (χ4n) is 2.80. The highest BCUT2D eigenvalue weighted by Gasteiger charge is 2.22. The zero-order valence-corrected chi connectivity index (χ0v) is 14.4. The molecule has 4 heteroatoms. The molecule has 0 radical (unpaired) electrons. The number of rotatable bonds is 6. The molecule has 1 saturated heterocycles. The number of halogens is 1. The first-order valence-electron chi connectivity index (χ1n) is 7.92. The summed E-state index contributed by atoms with van der Waals surface area (Å²) < 4.78 is 1.08. The van der Waals surface area contributed by atoms with Crippen molar-refractivity contribution < 1.29 is 4.79 Å². The molecule has 1 aromatic carbocycles. The van der Waals surface area contributed by atoms with Crippen LogP contribution < -0.4 is 5.32 Å². The van der Waals surface area contributed by atoms with E-state index in [2.05, 4.69) is 40.3 Å². The highest BCUT2D eigenvalue weighted by atomic mass is 79.9. The number of nitrogens with one attached hydrogen (secondary N) is 1. The predicted molar refractivity (Wildman–Crippen MR) is 90.3 cm³/mol. The number of carbonyl (C=O) groups is 1. The molecule has 0 atom stereocenters. The Hall–Kier alpha value is -0.870. The predicted octanol–water partition coefficient (Wildman–Crippen LogP) is 3.23. The maximum Gasteiger partial charge on any atom is 0.222 e. The summed E-state index contributed by atoms with van der Waals surface area (Å²) in [6.45, 7) is 6.12. The first-order chi connectivity index (χ1) is 10.2. The zero-order valence-electron chi connectivity index (χ0n) is 12.8. The van der Waals surface area contributed by atoms with Gasteiger partial charge in [-0.2, -0.15) is 0 Å². The minimum Gasteiger partial charge on any atom is -0.343 e. The van der Waals surface area contributed by atoms with Crippen molar-refractivity contribution in [2.45, 2.75) is 32.6 Å². The lowest BCUT2D eigenvalue weighted by atomic mass is 9.96. The first-order valence-corrected chi connectivity index (χ1v) is 8.71. The molecule has 0 aliphatic carbocycles. The third-order valence-corrected chi connectivity index (χ3v) is 4.72. The number of carbonyl (C=O) groups excluding carboxylic acids is 1. The topological polar surface area (TPSA) is 32.3 Å². The summed E-state index contributed by atoms with van der Waals surface area (Å²) in [4.78, 5) is 14.3. The molecule has 3 nitrogen and oxygen atoms in total. The second-order valence-corrected chi connectivity index (χ2v) is 6.67. The number of benzene rings is 1. The van der Waals surface area contributed by atoms with Gasteiger partial charge in [0.05, 0.1) is 0 Å². The van der Waals surface area contributed by atoms with Gasteiger partial charge in [0, 0.05) is 24.0 Å². The third-order valence-electron chi connectivity index (χ3n) is 4.19. The smallest absolute Gasteiger partial charge is 0.222 e. The van der Waals surface area contributed by atoms with Crippen molar-refractivity contribution in [1.29, 1.82) is 0 Å². The van der Waals surface area contributed by atoms with Crippen molar-refractivity contribution in [2.75, 3.05) is 26.2 Å². The fraction of sp³-hybridized carbons (Fsp3) is 0.588. The van der Waals surface area contributed by atoms with Gasteiger partial charge in [-0.3, -0.25) is 4.79 Å². The molecule has 1 aliphatic heterocycles. The molecule has 0 saturated carbocycles. The summed E-state index contributed by atoms with van der Waals surface area (Å²) >= 11 is 3.43. The molecule has 0 unspecified atom stereocenters. The lowest BCUT2D eigenvalue weighted by Crippen LogP contribution is -2.40. The zero-order chi connectivity index (χ0) is 15.1. The monoisotopic (exact) mass is 352 g/mol. The van der Waals surface area contributed by atoms with E-state index < -0.39 is 0 Å². The molecule has 1 aliphatic rings. The van der Waals surface area contributed by atoms with Crippen LogP contribution in [0.2, 0.25) is 0 Å². The normalized spacial score (nSPS) is 16.2. The molecule has 1 N–H and O–H groups in total. The van der Waals surface area contributed by atoms with Crippen LogP contribution in [0, 0.1) is 5.92 Å². The molecular weight excluding hydrogens is 328 g/mol. The van der Waals surface area contributed by atoms with E-state index in [0.717, 1.165) is 55.8 Å². The quantitative estimate of drug-likeness (QED) is 0.852. The number of nitrogens with zero attached hydrogens (tertiary/aromatic N) is 1. The standard InChI is InChI=1S/C17H25BrN2O/c1-2-19-13-15-9-11-20(12-10-15)17(21)8-5-14-3-6-16(18)7-4-14/h3-4,6-7,15,19H,2,5,8-13H2,1H3. The fourth-order valence-corrected chi connectivity index (χ4v) is 3.06. The lowest BCUT2D eigenvalue weighted by Gasteiger charge is -2.32. The molecule has 116 valence electrons. The second kappa shape index (κ2) is 8.54. The van der Waals surface area contributed by atoms with E-state index in [-0.39, 0.29) is 0 Å². The van der Waals surface area contributed by atoms with Crippen molar-refractivity contribution in [3.63, 3.8) is 0 Å². The Kier molecular flexibility index (Phi) is 6.71. The second-order valence-electron chi connectivity index (χ2n) is 5.76. The van der Waals surface area contributed by atoms with Gasteiger partial charge >= 0.3 is 0 Å². The number of likely N-dealkylation sites (tertiary alicyclic amines) is 1. The first kappa shape index (κ1) is 16.5. The van der Waals surface area contributed by atoms with Gasteiger partial charge < -0.3 is 10.2 Å². The lowest BCUT2D eigenvalue weighted by molar-refractivity contribution is -0.132. The molecule has 1 aromatic rings. The van der Waals surface area contributed by atoms with Crippen molar-refractivity contribution in [2.24, 2.45) is 5.92 Å². The Bertz CT molecular complexity index is 439. The van der Waals surface area contributed by atoms with E-state index in [1.54, 1.807) is 0 Å². The molecule has 0 spiro atoms. The van der Waals surface area contributed by atoms with Crippen LogP contribution >= 0.6 is 15.9 Å². The number of amides is 1. The average molecular weight is 353 g/mol. The highest BCUT2D eigenvalue weighted by molar-refractivity contribution is 9.10. The molecule has 0 bridgehead atoms. The number of aryl methyl sites for hydroxylation is 1. The molecule has 1 heterocycles. The maximum absolute atomic E-state index is 12.3. The van der Waals surface area contributed by atoms with Gasteiger partial charge in [0.25, 0.3) is 0 Å². The average Bonchev–Trinajstić information content (AvgIpc) is 2.52. The van der Waals surface area contributed by atoms with E-state index >= 15 is 0 Å². The van der Waals surface area contributed by atoms with Gasteiger partial charge in [-0.1, -0.05) is 35.0 Å². The van der Waals surface area contributed by atoms with Crippen LogP contribution in [0.4, 0.5) is 0 Å². The Labute approximate surface area is 136 Å². The van der Waals surface area contributed by atoms with Gasteiger partial charge in [-0.05, 0) is 56.0 Å². The van der Waals surface area contributed by atoms with E-state index in [1.807, 2.05) is 17.0 Å². The summed E-state index contributed by atoms with van der Waals surface area (Å²) in [6, 6.07) is 8.23. The minimum absolute atomic E-state index is 0.305. The van der Waals surface area contributed by atoms with Crippen LogP contribution in [0.25, 0.3) is 0 Å². The van der Waals surface area contributed by atoms with Crippen molar-refractivity contribution in [3.05, 3.63) is 34.3 Å². The molecule has 2 rings (SSSR count). The van der Waals surface area contributed by atoms with Crippen LogP contribution in [-0.2, 0) is 11.2 Å². The number of piperidine rings is 1. The van der Waals surface area contributed by atoms with Gasteiger partial charge in [-0.15, -0.1) is 0 Å². The van der Waals surface area contributed by atoms with Gasteiger partial charge in [0.2, 0.25) is 5.91 Å². The summed E-state index contributed by atoms with van der Waals surface area (Å²) in [5, 5.41) is 3.41. The Balaban J connectivity index is 1.71. The summed E-state index contributed by atoms with van der Waals surface area (Å²) in [5.41, 5.74) is 1.23. The number of hydrogen-bond acceptors (Lipinski definition) is 2. The Morgan fingerprint density at radius 1 is 1.29 bits per heavy atom. The Morgan fingerprint density at radius 3 is 2.57 bits per heavy atom. The highest BCUT2D eigenvalue weighted by Crippen LogP contribution is 2.18. The van der Waals surface area contributed by atoms with Crippen LogP contribution in [-0.4, -0.2) is 37.0 Å². The van der Waals surface area contributed by atoms with Crippen molar-refractivity contribution >= 4 is 21.8 Å². The van der Waals surface area contributed by atoms with E-state index in [0.29, 0.717) is 12.3 Å². The summed E-state index contributed by atoms with van der Waals surface area (Å²) in [5.74, 6) is 1.04. The van der Waals surface area contributed by atoms with Gasteiger partial charge in [0.15, 0.2) is 0 Å². The molecule has 21 heavy (non-hydrogen) atoms. The summed E-state index contributed by atoms with van der Waals surface area (Å²) in [6.07, 6.45) is 3.73. The molecule has 1 fully saturated rings. The van der Waals surface area contributed by atoms with Crippen molar-refractivity contribution in [3.8, 4) is 0 Å². The van der Waals surface area contributed by atoms with Crippen LogP contribution in [0.5, 0.6) is 0 Å². The van der Waals surface area contributed by atoms with Crippen LogP contribution in [0.15, 0.2) is 28.7 Å². The minimum atomic E-state index is 0.305. The van der Waals surface area contributed by atoms with E-state index in [4.69, 9.17) is 0 Å². The van der Waals surface area contributed by atoms with Gasteiger partial charge in [0.1, 0.15) is 0 Å². The van der Waals surface area contributed by atoms with Gasteiger partial charge in [-0.25, -0.2) is 0 Å². The third kappa shape index (κ3) is 5.44. The van der Waals surface area contributed by atoms with Crippen molar-refractivity contribution in [1.82, 2.24) is 10.2 Å². The molecular formula is C17H25BrN2O. The Morgan fingerprint density at radius 2 is 1.95 bits per heavy atom. The van der Waals surface area contributed by atoms with Crippen LogP contribution in [0.1, 0.15) is 31.7 Å². The summed E-state index contributed by atoms with van der Waals surface area (Å²) in [7, 11) is 0.